The van der Waals surface area contributed by atoms with Gasteiger partial charge in [0.15, 0.2) is 0 Å². The third-order valence-corrected chi connectivity index (χ3v) is 9.14. The van der Waals surface area contributed by atoms with E-state index >= 15 is 0 Å². The van der Waals surface area contributed by atoms with Crippen LogP contribution in [0.1, 0.15) is 48.1 Å². The fraction of sp³-hybridized carbons (Fsp3) is 0.312. The minimum Gasteiger partial charge on any atom is -0.481 e. The van der Waals surface area contributed by atoms with Crippen molar-refractivity contribution in [2.45, 2.75) is 49.5 Å². The number of rotatable bonds is 11. The van der Waals surface area contributed by atoms with Gasteiger partial charge >= 0.3 is 11.9 Å². The average Bonchev–Trinajstić information content (AvgIpc) is 3.72. The summed E-state index contributed by atoms with van der Waals surface area (Å²) in [5, 5.41) is 13.1. The average molecular weight is 543 g/mol. The highest BCUT2D eigenvalue weighted by Gasteiger charge is 2.51. The van der Waals surface area contributed by atoms with Crippen molar-refractivity contribution in [1.29, 1.82) is 0 Å². The lowest BCUT2D eigenvalue weighted by atomic mass is 9.92. The summed E-state index contributed by atoms with van der Waals surface area (Å²) in [5.74, 6) is -1.02. The molecule has 0 amide bonds. The molecular formula is C32H34N2O4S. The molecule has 1 aliphatic heterocycles. The van der Waals surface area contributed by atoms with E-state index in [4.69, 9.17) is 10.5 Å². The van der Waals surface area contributed by atoms with Crippen molar-refractivity contribution in [2.75, 3.05) is 13.1 Å². The first-order chi connectivity index (χ1) is 18.9. The van der Waals surface area contributed by atoms with E-state index in [1.165, 1.54) is 16.0 Å². The number of nitrogens with two attached hydrogens (primary N) is 1. The van der Waals surface area contributed by atoms with Gasteiger partial charge in [0.2, 0.25) is 0 Å². The number of hydrogen-bond donors (Lipinski definition) is 3. The molecule has 0 bridgehead atoms. The molecule has 5 rings (SSSR count). The zero-order chi connectivity index (χ0) is 27.4. The topological polar surface area (TPSA) is 102 Å². The van der Waals surface area contributed by atoms with Crippen molar-refractivity contribution in [1.82, 2.24) is 5.32 Å². The SMILES string of the molecule is CC1=C(CCN)C(NCC(=O)OCc2ccccc2)C(c2ccc(-c3ccc(C4(C(=O)O)CC4)cc3)cc2)S1. The number of esters is 1. The van der Waals surface area contributed by atoms with E-state index in [0.717, 1.165) is 28.7 Å². The molecule has 6 nitrogen and oxygen atoms in total. The maximum absolute atomic E-state index is 12.5. The van der Waals surface area contributed by atoms with Crippen LogP contribution in [0.15, 0.2) is 89.3 Å². The summed E-state index contributed by atoms with van der Waals surface area (Å²) in [7, 11) is 0. The summed E-state index contributed by atoms with van der Waals surface area (Å²) in [4.78, 5) is 25.4. The normalized spacial score (nSPS) is 19.6. The molecule has 3 aromatic rings. The van der Waals surface area contributed by atoms with E-state index in [9.17, 15) is 14.7 Å². The molecule has 2 atom stereocenters. The van der Waals surface area contributed by atoms with Crippen molar-refractivity contribution in [3.05, 3.63) is 106 Å². The van der Waals surface area contributed by atoms with Crippen molar-refractivity contribution in [2.24, 2.45) is 5.73 Å². The number of carbonyl (C=O) groups is 2. The lowest BCUT2D eigenvalue weighted by molar-refractivity contribution is -0.144. The molecule has 2 aliphatic rings. The lowest BCUT2D eigenvalue weighted by Gasteiger charge is -2.24. The van der Waals surface area contributed by atoms with Crippen LogP contribution in [0.4, 0.5) is 0 Å². The molecule has 0 aromatic heterocycles. The number of carbonyl (C=O) groups excluding carboxylic acids is 1. The summed E-state index contributed by atoms with van der Waals surface area (Å²) in [6, 6.07) is 26.1. The van der Waals surface area contributed by atoms with Crippen molar-refractivity contribution in [3.8, 4) is 11.1 Å². The number of thioether (sulfide) groups is 1. The van der Waals surface area contributed by atoms with Gasteiger partial charge in [-0.3, -0.25) is 14.9 Å². The van der Waals surface area contributed by atoms with Crippen LogP contribution in [-0.2, 0) is 26.3 Å². The molecule has 1 fully saturated rings. The Balaban J connectivity index is 1.26. The Hall–Kier alpha value is -3.39. The van der Waals surface area contributed by atoms with E-state index in [2.05, 4.69) is 36.5 Å². The van der Waals surface area contributed by atoms with Gasteiger partial charge in [0.05, 0.1) is 17.2 Å². The van der Waals surface area contributed by atoms with Crippen LogP contribution in [0.25, 0.3) is 11.1 Å². The smallest absolute Gasteiger partial charge is 0.320 e. The molecule has 7 heteroatoms. The fourth-order valence-corrected chi connectivity index (χ4v) is 6.75. The van der Waals surface area contributed by atoms with Crippen molar-refractivity contribution in [3.63, 3.8) is 0 Å². The second-order valence-corrected chi connectivity index (χ2v) is 11.6. The van der Waals surface area contributed by atoms with Gasteiger partial charge in [-0.05, 0) is 71.0 Å². The van der Waals surface area contributed by atoms with Gasteiger partial charge in [0.25, 0.3) is 0 Å². The van der Waals surface area contributed by atoms with Crippen LogP contribution >= 0.6 is 11.8 Å². The second-order valence-electron chi connectivity index (χ2n) is 10.3. The number of benzene rings is 3. The molecule has 202 valence electrons. The molecule has 1 aliphatic carbocycles. The van der Waals surface area contributed by atoms with E-state index in [-0.39, 0.29) is 30.4 Å². The highest BCUT2D eigenvalue weighted by molar-refractivity contribution is 8.03. The lowest BCUT2D eigenvalue weighted by Crippen LogP contribution is -2.38. The maximum atomic E-state index is 12.5. The van der Waals surface area contributed by atoms with Crippen LogP contribution in [-0.4, -0.2) is 36.2 Å². The molecule has 4 N–H and O–H groups in total. The van der Waals surface area contributed by atoms with Gasteiger partial charge in [0, 0.05) is 6.04 Å². The van der Waals surface area contributed by atoms with E-state index < -0.39 is 11.4 Å². The van der Waals surface area contributed by atoms with E-state index in [1.54, 1.807) is 11.8 Å². The molecule has 0 radical (unpaired) electrons. The fourth-order valence-electron chi connectivity index (χ4n) is 5.29. The summed E-state index contributed by atoms with van der Waals surface area (Å²) in [5.41, 5.74) is 11.6. The first kappa shape index (κ1) is 27.2. The van der Waals surface area contributed by atoms with Crippen molar-refractivity contribution >= 4 is 23.7 Å². The number of allylic oxidation sites excluding steroid dienone is 1. The monoisotopic (exact) mass is 542 g/mol. The second kappa shape index (κ2) is 11.8. The van der Waals surface area contributed by atoms with Crippen LogP contribution in [0.5, 0.6) is 0 Å². The van der Waals surface area contributed by atoms with Gasteiger partial charge in [-0.25, -0.2) is 0 Å². The first-order valence-electron chi connectivity index (χ1n) is 13.3. The number of nitrogens with one attached hydrogen (secondary N) is 1. The van der Waals surface area contributed by atoms with Gasteiger partial charge in [0.1, 0.15) is 6.61 Å². The number of hydrogen-bond acceptors (Lipinski definition) is 6. The number of aliphatic carboxylic acids is 1. The van der Waals surface area contributed by atoms with Crippen LogP contribution in [0, 0.1) is 0 Å². The Morgan fingerprint density at radius 1 is 1.00 bits per heavy atom. The molecular weight excluding hydrogens is 508 g/mol. The minimum absolute atomic E-state index is 0.0151. The van der Waals surface area contributed by atoms with Crippen molar-refractivity contribution < 1.29 is 19.4 Å². The van der Waals surface area contributed by atoms with Gasteiger partial charge in [-0.15, -0.1) is 11.8 Å². The Bertz CT molecular complexity index is 1350. The van der Waals surface area contributed by atoms with Gasteiger partial charge in [-0.2, -0.15) is 0 Å². The molecule has 1 saturated carbocycles. The standard InChI is InChI=1S/C32H34N2O4S/c1-21-27(15-18-33)29(34-19-28(35)38-20-22-5-3-2-4-6-22)30(39-21)25-9-7-23(8-10-25)24-11-13-26(14-12-24)32(16-17-32)31(36)37/h2-14,29-30,34H,15-20,33H2,1H3,(H,36,37). The molecule has 39 heavy (non-hydrogen) atoms. The summed E-state index contributed by atoms with van der Waals surface area (Å²) < 4.78 is 5.48. The van der Waals surface area contributed by atoms with Gasteiger partial charge in [-0.1, -0.05) is 78.9 Å². The number of ether oxygens (including phenoxy) is 1. The van der Waals surface area contributed by atoms with E-state index in [0.29, 0.717) is 19.4 Å². The highest BCUT2D eigenvalue weighted by atomic mass is 32.2. The zero-order valence-electron chi connectivity index (χ0n) is 22.1. The van der Waals surface area contributed by atoms with Crippen LogP contribution in [0.2, 0.25) is 0 Å². The molecule has 2 unspecified atom stereocenters. The summed E-state index contributed by atoms with van der Waals surface area (Å²) >= 11 is 1.81. The zero-order valence-corrected chi connectivity index (χ0v) is 22.9. The van der Waals surface area contributed by atoms with E-state index in [1.807, 2.05) is 54.6 Å². The Morgan fingerprint density at radius 3 is 2.23 bits per heavy atom. The predicted molar refractivity (Wildman–Crippen MR) is 155 cm³/mol. The largest absolute Gasteiger partial charge is 0.481 e. The quantitative estimate of drug-likeness (QED) is 0.272. The summed E-state index contributed by atoms with van der Waals surface area (Å²) in [6.07, 6.45) is 2.18. The first-order valence-corrected chi connectivity index (χ1v) is 14.2. The Labute approximate surface area is 233 Å². The maximum Gasteiger partial charge on any atom is 0.320 e. The molecule has 1 heterocycles. The molecule has 0 spiro atoms. The third-order valence-electron chi connectivity index (χ3n) is 7.73. The highest BCUT2D eigenvalue weighted by Crippen LogP contribution is 2.50. The molecule has 0 saturated heterocycles. The van der Waals surface area contributed by atoms with Crippen LogP contribution in [0.3, 0.4) is 0 Å². The Kier molecular flexibility index (Phi) is 8.21. The third kappa shape index (κ3) is 5.96. The number of carboxylic acids is 1. The molecule has 3 aromatic carbocycles. The predicted octanol–water partition coefficient (Wildman–Crippen LogP) is 5.58. The number of carboxylic acid groups (broad SMARTS) is 1. The Morgan fingerprint density at radius 2 is 1.64 bits per heavy atom. The van der Waals surface area contributed by atoms with Crippen LogP contribution < -0.4 is 11.1 Å². The minimum atomic E-state index is -0.737. The van der Waals surface area contributed by atoms with Gasteiger partial charge < -0.3 is 15.6 Å². The summed E-state index contributed by atoms with van der Waals surface area (Å²) in [6.45, 7) is 3.05.